The number of nitro benzene ring substituents is 2. The summed E-state index contributed by atoms with van der Waals surface area (Å²) in [6, 6.07) is 9.54. The van der Waals surface area contributed by atoms with Crippen molar-refractivity contribution in [2.45, 2.75) is 0 Å². The summed E-state index contributed by atoms with van der Waals surface area (Å²) in [4.78, 5) is 36.4. The number of allylic oxidation sites excluding steroid dienone is 2. The Kier molecular flexibility index (Phi) is 5.28. The zero-order valence-electron chi connectivity index (χ0n) is 13.9. The topological polar surface area (TPSA) is 125 Å². The summed E-state index contributed by atoms with van der Waals surface area (Å²) in [6.45, 7) is 0. The third kappa shape index (κ3) is 4.10. The molecule has 140 valence electrons. The highest BCUT2D eigenvalue weighted by Gasteiger charge is 2.26. The van der Waals surface area contributed by atoms with Crippen LogP contribution in [0.3, 0.4) is 0 Å². The zero-order valence-corrected chi connectivity index (χ0v) is 14.7. The molecule has 2 aromatic carbocycles. The maximum Gasteiger partial charge on any atom is 0.363 e. The maximum atomic E-state index is 12.0. The molecule has 9 nitrogen and oxygen atoms in total. The van der Waals surface area contributed by atoms with Crippen LogP contribution < -0.4 is 0 Å². The number of carbonyl (C=O) groups excluding carboxylic acids is 1. The molecule has 0 saturated carbocycles. The highest BCUT2D eigenvalue weighted by Crippen LogP contribution is 2.26. The van der Waals surface area contributed by atoms with Crippen LogP contribution in [0.25, 0.3) is 6.08 Å². The number of ether oxygens (including phenoxy) is 1. The fourth-order valence-corrected chi connectivity index (χ4v) is 2.49. The number of rotatable bonds is 5. The molecule has 0 aliphatic carbocycles. The lowest BCUT2D eigenvalue weighted by Gasteiger charge is -2.02. The number of nitrogens with zero attached hydrogens (tertiary/aromatic N) is 3. The van der Waals surface area contributed by atoms with Gasteiger partial charge in [-0.15, -0.1) is 0 Å². The average molecular weight is 400 g/mol. The van der Waals surface area contributed by atoms with Gasteiger partial charge in [0.1, 0.15) is 0 Å². The normalized spacial score (nSPS) is 15.0. The van der Waals surface area contributed by atoms with Gasteiger partial charge in [-0.3, -0.25) is 20.2 Å². The van der Waals surface area contributed by atoms with E-state index in [0.717, 1.165) is 0 Å². The van der Waals surface area contributed by atoms with E-state index in [1.807, 2.05) is 0 Å². The van der Waals surface area contributed by atoms with E-state index in [4.69, 9.17) is 16.3 Å². The van der Waals surface area contributed by atoms with Crippen LogP contribution in [0.15, 0.2) is 65.3 Å². The minimum atomic E-state index is -0.731. The van der Waals surface area contributed by atoms with Crippen LogP contribution in [-0.4, -0.2) is 21.7 Å². The molecule has 10 heteroatoms. The number of hydrogen-bond acceptors (Lipinski definition) is 7. The molecule has 1 heterocycles. The van der Waals surface area contributed by atoms with Gasteiger partial charge in [-0.2, -0.15) is 0 Å². The first kappa shape index (κ1) is 18.9. The SMILES string of the molecule is O=C1OC(c2cc([N+](=O)[O-])ccc2Cl)=N/C1=C\C=C\c1ccc([N+](=O)[O-])cc1. The molecule has 0 bridgehead atoms. The molecule has 0 amide bonds. The lowest BCUT2D eigenvalue weighted by molar-refractivity contribution is -0.385. The molecule has 0 radical (unpaired) electrons. The van der Waals surface area contributed by atoms with E-state index < -0.39 is 15.8 Å². The fourth-order valence-electron chi connectivity index (χ4n) is 2.29. The second-order valence-corrected chi connectivity index (χ2v) is 5.89. The summed E-state index contributed by atoms with van der Waals surface area (Å²) >= 11 is 6.02. The quantitative estimate of drug-likeness (QED) is 0.323. The van der Waals surface area contributed by atoms with Crippen molar-refractivity contribution in [2.75, 3.05) is 0 Å². The van der Waals surface area contributed by atoms with Crippen LogP contribution in [0.4, 0.5) is 11.4 Å². The van der Waals surface area contributed by atoms with Crippen LogP contribution in [0.2, 0.25) is 5.02 Å². The minimum Gasteiger partial charge on any atom is -0.402 e. The first-order chi connectivity index (χ1) is 13.3. The third-order valence-electron chi connectivity index (χ3n) is 3.66. The molecule has 2 aromatic rings. The lowest BCUT2D eigenvalue weighted by atomic mass is 10.2. The number of hydrogen-bond donors (Lipinski definition) is 0. The van der Waals surface area contributed by atoms with Crippen molar-refractivity contribution in [3.05, 3.63) is 96.7 Å². The Morgan fingerprint density at radius 3 is 2.29 bits per heavy atom. The molecule has 0 N–H and O–H groups in total. The molecule has 1 aliphatic rings. The Hall–Kier alpha value is -3.85. The first-order valence-corrected chi connectivity index (χ1v) is 8.11. The van der Waals surface area contributed by atoms with Gasteiger partial charge in [0, 0.05) is 24.3 Å². The Bertz CT molecular complexity index is 1070. The summed E-state index contributed by atoms with van der Waals surface area (Å²) < 4.78 is 5.05. The molecule has 0 aromatic heterocycles. The van der Waals surface area contributed by atoms with E-state index in [0.29, 0.717) is 5.56 Å². The van der Waals surface area contributed by atoms with E-state index in [1.165, 1.54) is 42.5 Å². The van der Waals surface area contributed by atoms with Crippen molar-refractivity contribution < 1.29 is 19.4 Å². The van der Waals surface area contributed by atoms with Crippen LogP contribution >= 0.6 is 11.6 Å². The van der Waals surface area contributed by atoms with E-state index >= 15 is 0 Å². The molecule has 28 heavy (non-hydrogen) atoms. The average Bonchev–Trinajstić information content (AvgIpc) is 3.03. The van der Waals surface area contributed by atoms with Crippen molar-refractivity contribution in [1.29, 1.82) is 0 Å². The summed E-state index contributed by atoms with van der Waals surface area (Å²) in [6.07, 6.45) is 4.54. The van der Waals surface area contributed by atoms with Crippen molar-refractivity contribution in [3.8, 4) is 0 Å². The Labute approximate surface area is 162 Å². The van der Waals surface area contributed by atoms with Crippen molar-refractivity contribution >= 4 is 40.9 Å². The number of benzene rings is 2. The third-order valence-corrected chi connectivity index (χ3v) is 3.99. The standard InChI is InChI=1S/C18H10ClN3O6/c19-15-9-8-13(22(26)27)10-14(15)17-20-16(18(23)28-17)3-1-2-11-4-6-12(7-5-11)21(24)25/h1-10H/b2-1+,16-3-. The van der Waals surface area contributed by atoms with Gasteiger partial charge in [-0.25, -0.2) is 9.79 Å². The van der Waals surface area contributed by atoms with Gasteiger partial charge in [0.05, 0.1) is 20.4 Å². The van der Waals surface area contributed by atoms with Gasteiger partial charge >= 0.3 is 5.97 Å². The largest absolute Gasteiger partial charge is 0.402 e. The molecular weight excluding hydrogens is 390 g/mol. The van der Waals surface area contributed by atoms with Crippen molar-refractivity contribution in [1.82, 2.24) is 0 Å². The minimum absolute atomic E-state index is 0.0178. The van der Waals surface area contributed by atoms with Gasteiger partial charge in [0.2, 0.25) is 5.90 Å². The number of carbonyl (C=O) groups is 1. The van der Waals surface area contributed by atoms with Crippen LogP contribution in [0.5, 0.6) is 0 Å². The maximum absolute atomic E-state index is 12.0. The fraction of sp³-hybridized carbons (Fsp3) is 0. The first-order valence-electron chi connectivity index (χ1n) is 7.73. The predicted molar refractivity (Wildman–Crippen MR) is 101 cm³/mol. The molecule has 1 aliphatic heterocycles. The molecule has 0 saturated heterocycles. The van der Waals surface area contributed by atoms with Gasteiger partial charge < -0.3 is 4.74 Å². The zero-order chi connectivity index (χ0) is 20.3. The summed E-state index contributed by atoms with van der Waals surface area (Å²) in [5.41, 5.74) is 0.550. The lowest BCUT2D eigenvalue weighted by Crippen LogP contribution is -2.06. The number of non-ortho nitro benzene ring substituents is 2. The number of halogens is 1. The molecule has 0 fully saturated rings. The smallest absolute Gasteiger partial charge is 0.363 e. The molecule has 0 spiro atoms. The monoisotopic (exact) mass is 399 g/mol. The van der Waals surface area contributed by atoms with E-state index in [1.54, 1.807) is 18.2 Å². The highest BCUT2D eigenvalue weighted by molar-refractivity contribution is 6.34. The number of aliphatic imine (C=N–C) groups is 1. The Balaban J connectivity index is 1.82. The van der Waals surface area contributed by atoms with Crippen LogP contribution in [0, 0.1) is 20.2 Å². The van der Waals surface area contributed by atoms with Crippen molar-refractivity contribution in [3.63, 3.8) is 0 Å². The Morgan fingerprint density at radius 1 is 1.00 bits per heavy atom. The molecule has 0 unspecified atom stereocenters. The van der Waals surface area contributed by atoms with Crippen LogP contribution in [0.1, 0.15) is 11.1 Å². The van der Waals surface area contributed by atoms with Crippen molar-refractivity contribution in [2.24, 2.45) is 4.99 Å². The van der Waals surface area contributed by atoms with Gasteiger partial charge in [-0.05, 0) is 29.8 Å². The predicted octanol–water partition coefficient (Wildman–Crippen LogP) is 4.06. The van der Waals surface area contributed by atoms with E-state index in [9.17, 15) is 25.0 Å². The highest BCUT2D eigenvalue weighted by atomic mass is 35.5. The van der Waals surface area contributed by atoms with Gasteiger partial charge in [-0.1, -0.05) is 23.8 Å². The Morgan fingerprint density at radius 2 is 1.64 bits per heavy atom. The molecule has 3 rings (SSSR count). The second-order valence-electron chi connectivity index (χ2n) is 5.49. The number of nitro groups is 2. The second kappa shape index (κ2) is 7.80. The van der Waals surface area contributed by atoms with Gasteiger partial charge in [0.25, 0.3) is 11.4 Å². The number of cyclic esters (lactones) is 1. The van der Waals surface area contributed by atoms with Gasteiger partial charge in [0.15, 0.2) is 5.70 Å². The molecular formula is C18H10ClN3O6. The van der Waals surface area contributed by atoms with E-state index in [2.05, 4.69) is 4.99 Å². The number of esters is 1. The van der Waals surface area contributed by atoms with E-state index in [-0.39, 0.29) is 33.6 Å². The summed E-state index contributed by atoms with van der Waals surface area (Å²) in [5.74, 6) is -0.861. The summed E-state index contributed by atoms with van der Waals surface area (Å²) in [5, 5.41) is 21.7. The molecule has 0 atom stereocenters. The van der Waals surface area contributed by atoms with Crippen LogP contribution in [-0.2, 0) is 9.53 Å². The summed E-state index contributed by atoms with van der Waals surface area (Å²) in [7, 11) is 0.